The Kier molecular flexibility index (Phi) is 6.31. The van der Waals surface area contributed by atoms with Gasteiger partial charge in [0.05, 0.1) is 39.6 Å². The monoisotopic (exact) mass is 414 g/mol. The molecule has 9 heteroatoms. The molecule has 0 saturated carbocycles. The second-order valence-electron chi connectivity index (χ2n) is 6.17. The minimum absolute atomic E-state index is 0.186. The maximum atomic E-state index is 12.4. The van der Waals surface area contributed by atoms with E-state index in [1.807, 2.05) is 0 Å². The Morgan fingerprint density at radius 2 is 1.57 bits per heavy atom. The molecule has 0 saturated heterocycles. The van der Waals surface area contributed by atoms with Crippen LogP contribution in [0.4, 0.5) is 5.69 Å². The van der Waals surface area contributed by atoms with Crippen LogP contribution in [0.2, 0.25) is 0 Å². The van der Waals surface area contributed by atoms with Crippen LogP contribution >= 0.6 is 0 Å². The number of H-pyrrole nitrogens is 1. The molecule has 0 aliphatic carbocycles. The Labute approximate surface area is 172 Å². The summed E-state index contributed by atoms with van der Waals surface area (Å²) in [5.41, 5.74) is 1.24. The van der Waals surface area contributed by atoms with Crippen LogP contribution in [0, 0.1) is 0 Å². The van der Waals surface area contributed by atoms with Gasteiger partial charge in [-0.25, -0.2) is 4.79 Å². The van der Waals surface area contributed by atoms with Gasteiger partial charge in [-0.05, 0) is 24.3 Å². The van der Waals surface area contributed by atoms with E-state index in [0.29, 0.717) is 39.6 Å². The topological polar surface area (TPSA) is 108 Å². The van der Waals surface area contributed by atoms with Gasteiger partial charge in [0.1, 0.15) is 28.7 Å². The minimum Gasteiger partial charge on any atom is -0.497 e. The number of aromatic nitrogens is 1. The molecule has 158 valence electrons. The molecule has 30 heavy (non-hydrogen) atoms. The molecule has 0 radical (unpaired) electrons. The second kappa shape index (κ2) is 9.08. The number of benzene rings is 2. The highest BCUT2D eigenvalue weighted by atomic mass is 16.5. The summed E-state index contributed by atoms with van der Waals surface area (Å²) in [5.74, 6) is 0.929. The maximum absolute atomic E-state index is 12.4. The number of fused-ring (bicyclic) bond motifs is 1. The molecule has 2 aromatic carbocycles. The molecule has 2 N–H and O–H groups in total. The van der Waals surface area contributed by atoms with Crippen molar-refractivity contribution in [2.24, 2.45) is 0 Å². The Hall–Kier alpha value is -3.88. The van der Waals surface area contributed by atoms with Gasteiger partial charge in [-0.15, -0.1) is 0 Å². The lowest BCUT2D eigenvalue weighted by Gasteiger charge is -2.11. The van der Waals surface area contributed by atoms with Crippen molar-refractivity contribution >= 4 is 28.5 Å². The van der Waals surface area contributed by atoms with Gasteiger partial charge in [-0.2, -0.15) is 0 Å². The number of aromatic amines is 1. The van der Waals surface area contributed by atoms with Crippen molar-refractivity contribution in [2.75, 3.05) is 40.4 Å². The molecule has 1 heterocycles. The van der Waals surface area contributed by atoms with E-state index in [1.54, 1.807) is 43.5 Å². The number of amides is 1. The van der Waals surface area contributed by atoms with E-state index in [1.165, 1.54) is 21.3 Å². The van der Waals surface area contributed by atoms with Gasteiger partial charge in [0.25, 0.3) is 5.91 Å². The van der Waals surface area contributed by atoms with Crippen molar-refractivity contribution in [3.8, 4) is 23.0 Å². The number of esters is 1. The van der Waals surface area contributed by atoms with Crippen LogP contribution in [-0.2, 0) is 9.53 Å². The number of rotatable bonds is 8. The Morgan fingerprint density at radius 3 is 2.23 bits per heavy atom. The maximum Gasteiger partial charge on any atom is 0.355 e. The van der Waals surface area contributed by atoms with Gasteiger partial charge < -0.3 is 34.0 Å². The Balaban J connectivity index is 1.67. The lowest BCUT2D eigenvalue weighted by Crippen LogP contribution is -2.21. The Bertz CT molecular complexity index is 1070. The Morgan fingerprint density at radius 1 is 0.867 bits per heavy atom. The molecule has 9 nitrogen and oxygen atoms in total. The summed E-state index contributed by atoms with van der Waals surface area (Å²) in [6.45, 7) is -0.468. The van der Waals surface area contributed by atoms with Crippen LogP contribution in [0.25, 0.3) is 10.9 Å². The number of nitrogens with one attached hydrogen (secondary N) is 2. The first-order chi connectivity index (χ1) is 14.5. The van der Waals surface area contributed by atoms with Crippen LogP contribution in [0.5, 0.6) is 23.0 Å². The van der Waals surface area contributed by atoms with E-state index in [4.69, 9.17) is 23.7 Å². The van der Waals surface area contributed by atoms with Crippen molar-refractivity contribution in [3.63, 3.8) is 0 Å². The van der Waals surface area contributed by atoms with Crippen molar-refractivity contribution in [1.82, 2.24) is 4.98 Å². The molecule has 0 bridgehead atoms. The molecule has 0 atom stereocenters. The molecular weight excluding hydrogens is 392 g/mol. The lowest BCUT2D eigenvalue weighted by atomic mass is 10.2. The standard InChI is InChI=1S/C21H22N2O7/c1-26-13-5-6-15(17(9-13)28-3)22-19(24)11-30-21(25)16-8-12-7-14(27-2)10-18(29-4)20(12)23-16/h5-10,23H,11H2,1-4H3,(H,22,24). The summed E-state index contributed by atoms with van der Waals surface area (Å²) >= 11 is 0. The number of hydrogen-bond acceptors (Lipinski definition) is 7. The predicted octanol–water partition coefficient (Wildman–Crippen LogP) is 3.00. The van der Waals surface area contributed by atoms with Crippen LogP contribution in [0.15, 0.2) is 36.4 Å². The van der Waals surface area contributed by atoms with Gasteiger partial charge in [0.15, 0.2) is 6.61 Å². The van der Waals surface area contributed by atoms with Crippen molar-refractivity contribution in [1.29, 1.82) is 0 Å². The fraction of sp³-hybridized carbons (Fsp3) is 0.238. The highest BCUT2D eigenvalue weighted by molar-refractivity contribution is 5.99. The third-order valence-corrected chi connectivity index (χ3v) is 4.36. The predicted molar refractivity (Wildman–Crippen MR) is 110 cm³/mol. The van der Waals surface area contributed by atoms with Crippen molar-refractivity contribution in [3.05, 3.63) is 42.1 Å². The summed E-state index contributed by atoms with van der Waals surface area (Å²) in [6.07, 6.45) is 0. The molecule has 1 amide bonds. The van der Waals surface area contributed by atoms with Gasteiger partial charge in [-0.3, -0.25) is 4.79 Å². The van der Waals surface area contributed by atoms with Gasteiger partial charge in [0, 0.05) is 17.5 Å². The smallest absolute Gasteiger partial charge is 0.355 e. The van der Waals surface area contributed by atoms with E-state index in [-0.39, 0.29) is 5.69 Å². The van der Waals surface area contributed by atoms with Crippen LogP contribution in [0.3, 0.4) is 0 Å². The first-order valence-corrected chi connectivity index (χ1v) is 8.92. The van der Waals surface area contributed by atoms with E-state index in [2.05, 4.69) is 10.3 Å². The average Bonchev–Trinajstić information content (AvgIpc) is 3.21. The van der Waals surface area contributed by atoms with Crippen LogP contribution < -0.4 is 24.3 Å². The highest BCUT2D eigenvalue weighted by Crippen LogP contribution is 2.31. The van der Waals surface area contributed by atoms with Gasteiger partial charge >= 0.3 is 5.97 Å². The average molecular weight is 414 g/mol. The second-order valence-corrected chi connectivity index (χ2v) is 6.17. The lowest BCUT2D eigenvalue weighted by molar-refractivity contribution is -0.119. The normalized spacial score (nSPS) is 10.4. The first-order valence-electron chi connectivity index (χ1n) is 8.92. The number of ether oxygens (including phenoxy) is 5. The summed E-state index contributed by atoms with van der Waals surface area (Å²) in [7, 11) is 6.06. The summed E-state index contributed by atoms with van der Waals surface area (Å²) in [6, 6.07) is 10.0. The summed E-state index contributed by atoms with van der Waals surface area (Å²) in [5, 5.41) is 3.35. The molecule has 3 aromatic rings. The summed E-state index contributed by atoms with van der Waals surface area (Å²) < 4.78 is 26.0. The third kappa shape index (κ3) is 4.40. The van der Waals surface area contributed by atoms with Crippen LogP contribution in [-0.4, -0.2) is 51.9 Å². The zero-order chi connectivity index (χ0) is 21.7. The largest absolute Gasteiger partial charge is 0.497 e. The van der Waals surface area contributed by atoms with E-state index in [0.717, 1.165) is 0 Å². The van der Waals surface area contributed by atoms with E-state index < -0.39 is 18.5 Å². The molecule has 0 fully saturated rings. The SMILES string of the molecule is COc1ccc(NC(=O)COC(=O)c2cc3cc(OC)cc(OC)c3[nH]2)c(OC)c1. The molecular formula is C21H22N2O7. The number of anilines is 1. The number of carbonyl (C=O) groups is 2. The third-order valence-electron chi connectivity index (χ3n) is 4.36. The number of methoxy groups -OCH3 is 4. The molecule has 1 aromatic heterocycles. The van der Waals surface area contributed by atoms with Crippen molar-refractivity contribution in [2.45, 2.75) is 0 Å². The first kappa shape index (κ1) is 20.8. The number of carbonyl (C=O) groups excluding carboxylic acids is 2. The summed E-state index contributed by atoms with van der Waals surface area (Å²) in [4.78, 5) is 27.5. The fourth-order valence-corrected chi connectivity index (χ4v) is 2.87. The zero-order valence-corrected chi connectivity index (χ0v) is 17.0. The van der Waals surface area contributed by atoms with Gasteiger partial charge in [-0.1, -0.05) is 0 Å². The molecule has 0 aliphatic rings. The molecule has 3 rings (SSSR count). The highest BCUT2D eigenvalue weighted by Gasteiger charge is 2.17. The molecule has 0 spiro atoms. The molecule has 0 aliphatic heterocycles. The minimum atomic E-state index is -0.677. The van der Waals surface area contributed by atoms with Crippen LogP contribution in [0.1, 0.15) is 10.5 Å². The van der Waals surface area contributed by atoms with Gasteiger partial charge in [0.2, 0.25) is 0 Å². The zero-order valence-electron chi connectivity index (χ0n) is 17.0. The fourth-order valence-electron chi connectivity index (χ4n) is 2.87. The van der Waals surface area contributed by atoms with E-state index in [9.17, 15) is 9.59 Å². The van der Waals surface area contributed by atoms with E-state index >= 15 is 0 Å². The quantitative estimate of drug-likeness (QED) is 0.546. The number of hydrogen-bond donors (Lipinski definition) is 2. The van der Waals surface area contributed by atoms with Crippen molar-refractivity contribution < 1.29 is 33.3 Å². The molecule has 0 unspecified atom stereocenters.